The third kappa shape index (κ3) is 3.33. The summed E-state index contributed by atoms with van der Waals surface area (Å²) in [5.41, 5.74) is 1.89. The summed E-state index contributed by atoms with van der Waals surface area (Å²) >= 11 is 1.04. The molecule has 0 aliphatic heterocycles. The molecule has 1 amide bonds. The molecule has 1 aromatic carbocycles. The van der Waals surface area contributed by atoms with Gasteiger partial charge in [0.1, 0.15) is 16.3 Å². The summed E-state index contributed by atoms with van der Waals surface area (Å²) < 4.78 is 14.0. The predicted octanol–water partition coefficient (Wildman–Crippen LogP) is 2.87. The second-order valence-electron chi connectivity index (χ2n) is 4.72. The van der Waals surface area contributed by atoms with Gasteiger partial charge in [0.15, 0.2) is 0 Å². The number of methoxy groups -OCH3 is 2. The van der Waals surface area contributed by atoms with Gasteiger partial charge < -0.3 is 14.8 Å². The molecule has 122 valence electrons. The van der Waals surface area contributed by atoms with Gasteiger partial charge in [-0.2, -0.15) is 0 Å². The summed E-state index contributed by atoms with van der Waals surface area (Å²) in [6.45, 7) is 0. The van der Waals surface area contributed by atoms with Gasteiger partial charge in [0.05, 0.1) is 26.1 Å². The molecule has 3 rings (SSSR count). The van der Waals surface area contributed by atoms with Crippen molar-refractivity contribution in [1.82, 2.24) is 14.6 Å². The van der Waals surface area contributed by atoms with Gasteiger partial charge in [-0.1, -0.05) is 4.49 Å². The quantitative estimate of drug-likeness (QED) is 0.767. The van der Waals surface area contributed by atoms with Crippen molar-refractivity contribution in [2.75, 3.05) is 19.5 Å². The minimum absolute atomic E-state index is 0.289. The number of hydrogen-bond acceptors (Lipinski definition) is 7. The van der Waals surface area contributed by atoms with Crippen molar-refractivity contribution in [2.24, 2.45) is 0 Å². The van der Waals surface area contributed by atoms with Crippen LogP contribution < -0.4 is 14.8 Å². The number of carbonyl (C=O) groups is 1. The fourth-order valence-electron chi connectivity index (χ4n) is 2.04. The van der Waals surface area contributed by atoms with Crippen molar-refractivity contribution in [2.45, 2.75) is 0 Å². The van der Waals surface area contributed by atoms with Crippen molar-refractivity contribution in [1.29, 1.82) is 0 Å². The SMILES string of the molecule is COc1ccc(-c2nnsc2C(=O)Nc2ccc(OC)nc2)cc1. The molecule has 2 heterocycles. The van der Waals surface area contributed by atoms with Crippen LogP contribution in [0.5, 0.6) is 11.6 Å². The van der Waals surface area contributed by atoms with Crippen LogP contribution in [0.4, 0.5) is 5.69 Å². The van der Waals surface area contributed by atoms with Gasteiger partial charge in [0, 0.05) is 11.6 Å². The predicted molar refractivity (Wildman–Crippen MR) is 90.6 cm³/mol. The monoisotopic (exact) mass is 342 g/mol. The molecule has 8 heteroatoms. The zero-order valence-electron chi connectivity index (χ0n) is 13.0. The molecule has 0 atom stereocenters. The van der Waals surface area contributed by atoms with E-state index < -0.39 is 0 Å². The number of anilines is 1. The van der Waals surface area contributed by atoms with Crippen LogP contribution in [0, 0.1) is 0 Å². The Morgan fingerprint density at radius 3 is 2.50 bits per heavy atom. The molecule has 0 unspecified atom stereocenters. The van der Waals surface area contributed by atoms with Gasteiger partial charge in [-0.15, -0.1) is 5.10 Å². The van der Waals surface area contributed by atoms with Crippen LogP contribution in [0.15, 0.2) is 42.6 Å². The average Bonchev–Trinajstić information content (AvgIpc) is 3.12. The van der Waals surface area contributed by atoms with Crippen LogP contribution in [0.25, 0.3) is 11.3 Å². The van der Waals surface area contributed by atoms with Crippen LogP contribution in [-0.4, -0.2) is 34.7 Å². The first kappa shape index (κ1) is 15.9. The molecule has 24 heavy (non-hydrogen) atoms. The molecule has 0 bridgehead atoms. The molecule has 7 nitrogen and oxygen atoms in total. The molecule has 0 fully saturated rings. The molecule has 0 aliphatic rings. The normalized spacial score (nSPS) is 10.2. The molecule has 0 radical (unpaired) electrons. The van der Waals surface area contributed by atoms with Gasteiger partial charge in [0.25, 0.3) is 5.91 Å². The fraction of sp³-hybridized carbons (Fsp3) is 0.125. The largest absolute Gasteiger partial charge is 0.497 e. The van der Waals surface area contributed by atoms with Crippen molar-refractivity contribution in [3.8, 4) is 22.9 Å². The van der Waals surface area contributed by atoms with E-state index in [2.05, 4.69) is 19.9 Å². The van der Waals surface area contributed by atoms with Gasteiger partial charge in [-0.3, -0.25) is 4.79 Å². The van der Waals surface area contributed by atoms with Crippen LogP contribution in [0.1, 0.15) is 9.67 Å². The van der Waals surface area contributed by atoms with Crippen LogP contribution in [0.3, 0.4) is 0 Å². The van der Waals surface area contributed by atoms with E-state index in [0.717, 1.165) is 22.8 Å². The highest BCUT2D eigenvalue weighted by atomic mass is 32.1. The van der Waals surface area contributed by atoms with Crippen LogP contribution >= 0.6 is 11.5 Å². The lowest BCUT2D eigenvalue weighted by molar-refractivity contribution is 0.103. The number of rotatable bonds is 5. The minimum atomic E-state index is -0.289. The highest BCUT2D eigenvalue weighted by Gasteiger charge is 2.18. The maximum atomic E-state index is 12.5. The third-order valence-corrected chi connectivity index (χ3v) is 3.99. The van der Waals surface area contributed by atoms with Crippen LogP contribution in [0.2, 0.25) is 0 Å². The van der Waals surface area contributed by atoms with E-state index in [0.29, 0.717) is 22.1 Å². The average molecular weight is 342 g/mol. The Morgan fingerprint density at radius 1 is 1.08 bits per heavy atom. The zero-order chi connectivity index (χ0) is 16.9. The summed E-state index contributed by atoms with van der Waals surface area (Å²) in [4.78, 5) is 17.0. The lowest BCUT2D eigenvalue weighted by Gasteiger charge is -2.06. The summed E-state index contributed by atoms with van der Waals surface area (Å²) in [5.74, 6) is 0.923. The smallest absolute Gasteiger partial charge is 0.269 e. The summed E-state index contributed by atoms with van der Waals surface area (Å²) in [6.07, 6.45) is 1.53. The highest BCUT2D eigenvalue weighted by molar-refractivity contribution is 7.08. The lowest BCUT2D eigenvalue weighted by atomic mass is 10.1. The van der Waals surface area contributed by atoms with Crippen molar-refractivity contribution in [3.63, 3.8) is 0 Å². The van der Waals surface area contributed by atoms with E-state index in [1.807, 2.05) is 24.3 Å². The number of aromatic nitrogens is 3. The summed E-state index contributed by atoms with van der Waals surface area (Å²) in [5, 5.41) is 6.84. The maximum Gasteiger partial charge on any atom is 0.269 e. The molecule has 0 saturated heterocycles. The van der Waals surface area contributed by atoms with Gasteiger partial charge in [-0.05, 0) is 41.9 Å². The van der Waals surface area contributed by atoms with Gasteiger partial charge in [-0.25, -0.2) is 4.98 Å². The molecule has 1 N–H and O–H groups in total. The van der Waals surface area contributed by atoms with Crippen molar-refractivity contribution < 1.29 is 14.3 Å². The van der Waals surface area contributed by atoms with E-state index >= 15 is 0 Å². The lowest BCUT2D eigenvalue weighted by Crippen LogP contribution is -2.11. The zero-order valence-corrected chi connectivity index (χ0v) is 13.8. The number of ether oxygens (including phenoxy) is 2. The van der Waals surface area contributed by atoms with E-state index in [-0.39, 0.29) is 5.91 Å². The molecule has 2 aromatic heterocycles. The number of nitrogens with zero attached hydrogens (tertiary/aromatic N) is 3. The standard InChI is InChI=1S/C16H14N4O3S/c1-22-12-6-3-10(4-7-12)14-15(24-20-19-14)16(21)18-11-5-8-13(23-2)17-9-11/h3-9H,1-2H3,(H,18,21). The second kappa shape index (κ2) is 7.05. The number of nitrogens with one attached hydrogen (secondary N) is 1. The Balaban J connectivity index is 1.81. The molecular formula is C16H14N4O3S. The third-order valence-electron chi connectivity index (χ3n) is 3.26. The van der Waals surface area contributed by atoms with Crippen molar-refractivity contribution >= 4 is 23.1 Å². The Kier molecular flexibility index (Phi) is 4.66. The number of hydrogen-bond donors (Lipinski definition) is 1. The highest BCUT2D eigenvalue weighted by Crippen LogP contribution is 2.26. The minimum Gasteiger partial charge on any atom is -0.497 e. The molecular weight excluding hydrogens is 328 g/mol. The first-order valence-corrected chi connectivity index (χ1v) is 7.77. The molecule has 3 aromatic rings. The molecule has 0 saturated carbocycles. The Hall–Kier alpha value is -3.00. The second-order valence-corrected chi connectivity index (χ2v) is 5.48. The topological polar surface area (TPSA) is 86.2 Å². The first-order chi connectivity index (χ1) is 11.7. The first-order valence-electron chi connectivity index (χ1n) is 6.99. The fourth-order valence-corrected chi connectivity index (χ4v) is 2.62. The summed E-state index contributed by atoms with van der Waals surface area (Å²) in [6, 6.07) is 10.7. The Morgan fingerprint density at radius 2 is 1.88 bits per heavy atom. The Labute approximate surface area is 142 Å². The van der Waals surface area contributed by atoms with Crippen LogP contribution in [-0.2, 0) is 0 Å². The Bertz CT molecular complexity index is 831. The molecule has 0 aliphatic carbocycles. The van der Waals surface area contributed by atoms with E-state index in [1.54, 1.807) is 19.2 Å². The van der Waals surface area contributed by atoms with Gasteiger partial charge in [0.2, 0.25) is 5.88 Å². The van der Waals surface area contributed by atoms with E-state index in [1.165, 1.54) is 13.3 Å². The van der Waals surface area contributed by atoms with Crippen molar-refractivity contribution in [3.05, 3.63) is 47.5 Å². The number of carbonyl (C=O) groups excluding carboxylic acids is 1. The van der Waals surface area contributed by atoms with E-state index in [4.69, 9.17) is 9.47 Å². The van der Waals surface area contributed by atoms with Gasteiger partial charge >= 0.3 is 0 Å². The van der Waals surface area contributed by atoms with E-state index in [9.17, 15) is 4.79 Å². The maximum absolute atomic E-state index is 12.5. The number of amides is 1. The number of pyridine rings is 1. The number of benzene rings is 1. The summed E-state index contributed by atoms with van der Waals surface area (Å²) in [7, 11) is 3.13. The molecule has 0 spiro atoms.